The van der Waals surface area contributed by atoms with E-state index in [-0.39, 0.29) is 11.9 Å². The summed E-state index contributed by atoms with van der Waals surface area (Å²) in [4.78, 5) is 22.2. The molecule has 40 heavy (non-hydrogen) atoms. The van der Waals surface area contributed by atoms with Gasteiger partial charge in [-0.3, -0.25) is 9.48 Å². The molecule has 3 aromatic carbocycles. The zero-order valence-corrected chi connectivity index (χ0v) is 22.8. The van der Waals surface area contributed by atoms with Crippen molar-refractivity contribution >= 4 is 28.4 Å². The molecule has 0 saturated heterocycles. The van der Waals surface area contributed by atoms with E-state index < -0.39 is 0 Å². The number of nitrogens with zero attached hydrogens (tertiary/aromatic N) is 4. The lowest BCUT2D eigenvalue weighted by atomic mass is 9.92. The van der Waals surface area contributed by atoms with E-state index in [2.05, 4.69) is 57.1 Å². The second-order valence-electron chi connectivity index (χ2n) is 11.2. The third-order valence-electron chi connectivity index (χ3n) is 7.89. The number of hydrogen-bond acceptors (Lipinski definition) is 5. The standard InChI is InChI=1S/C33H32N6O/c1-20-4-3-5-25(14-20)32(40)36-21(2)23-8-12-29(22-6-7-22)30(16-23)24-9-13-31-26(15-24)17-34-33(38-31)37-27-18-35-39(19-27)28-10-11-28/h3-5,8-9,12-19,21-22,28H,6-7,10-11H2,1-2H3,(H,36,40)(H,34,37,38). The van der Waals surface area contributed by atoms with Gasteiger partial charge in [-0.05, 0) is 98.0 Å². The molecule has 2 heterocycles. The Morgan fingerprint density at radius 1 is 1.00 bits per heavy atom. The average molecular weight is 529 g/mol. The van der Waals surface area contributed by atoms with Crippen LogP contribution < -0.4 is 10.6 Å². The van der Waals surface area contributed by atoms with Crippen LogP contribution in [0.5, 0.6) is 0 Å². The summed E-state index contributed by atoms with van der Waals surface area (Å²) in [5.41, 5.74) is 8.36. The van der Waals surface area contributed by atoms with E-state index in [4.69, 9.17) is 4.98 Å². The van der Waals surface area contributed by atoms with E-state index in [1.807, 2.05) is 61.4 Å². The Morgan fingerprint density at radius 3 is 2.67 bits per heavy atom. The van der Waals surface area contributed by atoms with Crippen molar-refractivity contribution in [2.24, 2.45) is 0 Å². The van der Waals surface area contributed by atoms with Gasteiger partial charge in [0, 0.05) is 23.3 Å². The van der Waals surface area contributed by atoms with Crippen molar-refractivity contribution in [3.8, 4) is 11.1 Å². The maximum Gasteiger partial charge on any atom is 0.251 e. The molecular formula is C33H32N6O. The highest BCUT2D eigenvalue weighted by Gasteiger charge is 2.27. The van der Waals surface area contributed by atoms with E-state index in [9.17, 15) is 4.79 Å². The Bertz CT molecular complexity index is 1730. The van der Waals surface area contributed by atoms with Crippen molar-refractivity contribution < 1.29 is 4.79 Å². The molecule has 1 amide bonds. The van der Waals surface area contributed by atoms with Crippen LogP contribution in [0.1, 0.15) is 77.7 Å². The maximum absolute atomic E-state index is 12.9. The number of benzene rings is 3. The van der Waals surface area contributed by atoms with Gasteiger partial charge >= 0.3 is 0 Å². The van der Waals surface area contributed by atoms with Gasteiger partial charge in [0.2, 0.25) is 5.95 Å². The normalized spacial score (nSPS) is 15.7. The third-order valence-corrected chi connectivity index (χ3v) is 7.89. The van der Waals surface area contributed by atoms with Gasteiger partial charge in [0.1, 0.15) is 0 Å². The van der Waals surface area contributed by atoms with Crippen molar-refractivity contribution in [3.05, 3.63) is 102 Å². The predicted molar refractivity (Wildman–Crippen MR) is 158 cm³/mol. The van der Waals surface area contributed by atoms with Gasteiger partial charge in [0.05, 0.1) is 29.5 Å². The molecule has 2 fully saturated rings. The Balaban J connectivity index is 1.15. The molecule has 7 nitrogen and oxygen atoms in total. The van der Waals surface area contributed by atoms with Gasteiger partial charge in [0.15, 0.2) is 0 Å². The highest BCUT2D eigenvalue weighted by atomic mass is 16.1. The Hall–Kier alpha value is -4.52. The number of amides is 1. The van der Waals surface area contributed by atoms with Crippen molar-refractivity contribution in [2.75, 3.05) is 5.32 Å². The summed E-state index contributed by atoms with van der Waals surface area (Å²) in [6.07, 6.45) is 10.6. The summed E-state index contributed by atoms with van der Waals surface area (Å²) in [6, 6.07) is 21.1. The van der Waals surface area contributed by atoms with Crippen molar-refractivity contribution in [3.63, 3.8) is 0 Å². The molecule has 7 heteroatoms. The first kappa shape index (κ1) is 24.5. The lowest BCUT2D eigenvalue weighted by molar-refractivity contribution is 0.0940. The first-order valence-electron chi connectivity index (χ1n) is 14.1. The molecule has 7 rings (SSSR count). The highest BCUT2D eigenvalue weighted by Crippen LogP contribution is 2.45. The monoisotopic (exact) mass is 528 g/mol. The van der Waals surface area contributed by atoms with E-state index in [0.29, 0.717) is 23.5 Å². The van der Waals surface area contributed by atoms with Gasteiger partial charge in [0.25, 0.3) is 5.91 Å². The molecule has 2 aliphatic rings. The predicted octanol–water partition coefficient (Wildman–Crippen LogP) is 7.25. The van der Waals surface area contributed by atoms with Crippen LogP contribution in [0, 0.1) is 6.92 Å². The number of nitrogens with one attached hydrogen (secondary N) is 2. The van der Waals surface area contributed by atoms with Crippen LogP contribution in [-0.4, -0.2) is 25.7 Å². The molecule has 2 aliphatic carbocycles. The number of carbonyl (C=O) groups excluding carboxylic acids is 1. The lowest BCUT2D eigenvalue weighted by Gasteiger charge is -2.18. The largest absolute Gasteiger partial charge is 0.346 e. The smallest absolute Gasteiger partial charge is 0.251 e. The van der Waals surface area contributed by atoms with Gasteiger partial charge in [-0.15, -0.1) is 0 Å². The van der Waals surface area contributed by atoms with Crippen LogP contribution in [0.4, 0.5) is 11.6 Å². The fourth-order valence-corrected chi connectivity index (χ4v) is 5.32. The lowest BCUT2D eigenvalue weighted by Crippen LogP contribution is -2.26. The summed E-state index contributed by atoms with van der Waals surface area (Å²) < 4.78 is 2.01. The minimum Gasteiger partial charge on any atom is -0.346 e. The summed E-state index contributed by atoms with van der Waals surface area (Å²) in [7, 11) is 0. The summed E-state index contributed by atoms with van der Waals surface area (Å²) in [6.45, 7) is 4.04. The molecule has 0 aliphatic heterocycles. The number of hydrogen-bond donors (Lipinski definition) is 2. The number of carbonyl (C=O) groups is 1. The Kier molecular flexibility index (Phi) is 6.07. The molecule has 0 spiro atoms. The number of anilines is 2. The number of rotatable bonds is 8. The molecule has 0 radical (unpaired) electrons. The van der Waals surface area contributed by atoms with Crippen LogP contribution in [0.25, 0.3) is 22.0 Å². The Labute approximate surface area is 233 Å². The Morgan fingerprint density at radius 2 is 1.88 bits per heavy atom. The van der Waals surface area contributed by atoms with Crippen LogP contribution in [0.3, 0.4) is 0 Å². The maximum atomic E-state index is 12.9. The molecule has 0 bridgehead atoms. The first-order valence-corrected chi connectivity index (χ1v) is 14.1. The third kappa shape index (κ3) is 5.07. The molecular weight excluding hydrogens is 496 g/mol. The van der Waals surface area contributed by atoms with Gasteiger partial charge in [-0.1, -0.05) is 35.9 Å². The zero-order chi connectivity index (χ0) is 27.2. The molecule has 200 valence electrons. The highest BCUT2D eigenvalue weighted by molar-refractivity contribution is 5.94. The van der Waals surface area contributed by atoms with Crippen molar-refractivity contribution in [1.82, 2.24) is 25.1 Å². The molecule has 2 N–H and O–H groups in total. The van der Waals surface area contributed by atoms with Gasteiger partial charge in [-0.25, -0.2) is 9.97 Å². The number of aromatic nitrogens is 4. The molecule has 2 aromatic heterocycles. The second-order valence-corrected chi connectivity index (χ2v) is 11.2. The van der Waals surface area contributed by atoms with Crippen LogP contribution in [0.2, 0.25) is 0 Å². The van der Waals surface area contributed by atoms with Crippen LogP contribution >= 0.6 is 0 Å². The second kappa shape index (κ2) is 9.90. The first-order chi connectivity index (χ1) is 19.5. The molecule has 2 saturated carbocycles. The zero-order valence-electron chi connectivity index (χ0n) is 22.8. The quantitative estimate of drug-likeness (QED) is 0.222. The van der Waals surface area contributed by atoms with Crippen LogP contribution in [0.15, 0.2) is 79.3 Å². The fourth-order valence-electron chi connectivity index (χ4n) is 5.32. The number of fused-ring (bicyclic) bond motifs is 1. The molecule has 1 unspecified atom stereocenters. The van der Waals surface area contributed by atoms with E-state index in [0.717, 1.165) is 33.3 Å². The molecule has 5 aromatic rings. The van der Waals surface area contributed by atoms with E-state index >= 15 is 0 Å². The summed E-state index contributed by atoms with van der Waals surface area (Å²) >= 11 is 0. The summed E-state index contributed by atoms with van der Waals surface area (Å²) in [5.74, 6) is 1.10. The minimum absolute atomic E-state index is 0.0591. The fraction of sp³-hybridized carbons (Fsp3) is 0.273. The van der Waals surface area contributed by atoms with Crippen molar-refractivity contribution in [1.29, 1.82) is 0 Å². The van der Waals surface area contributed by atoms with E-state index in [1.165, 1.54) is 36.8 Å². The van der Waals surface area contributed by atoms with Crippen molar-refractivity contribution in [2.45, 2.75) is 57.5 Å². The SMILES string of the molecule is Cc1cccc(C(=O)NC(C)c2ccc(C3CC3)c(-c3ccc4nc(Nc5cnn(C6CC6)c5)ncc4c3)c2)c1. The topological polar surface area (TPSA) is 84.7 Å². The van der Waals surface area contributed by atoms with Gasteiger partial charge in [-0.2, -0.15) is 5.10 Å². The summed E-state index contributed by atoms with van der Waals surface area (Å²) in [5, 5.41) is 11.9. The molecule has 1 atom stereocenters. The number of aryl methyl sites for hydroxylation is 1. The average Bonchev–Trinajstić information content (AvgIpc) is 3.91. The minimum atomic E-state index is -0.123. The van der Waals surface area contributed by atoms with Crippen LogP contribution in [-0.2, 0) is 0 Å². The van der Waals surface area contributed by atoms with Gasteiger partial charge < -0.3 is 10.6 Å². The van der Waals surface area contributed by atoms with E-state index in [1.54, 1.807) is 0 Å².